The first kappa shape index (κ1) is 17.5. The summed E-state index contributed by atoms with van der Waals surface area (Å²) in [6, 6.07) is 3.94. The van der Waals surface area contributed by atoms with E-state index >= 15 is 0 Å². The number of anilines is 2. The second-order valence-electron chi connectivity index (χ2n) is 6.32. The fraction of sp³-hybridized carbons (Fsp3) is 0.273. The molecule has 2 aromatic rings. The molecule has 0 bridgehead atoms. The third-order valence-electron chi connectivity index (χ3n) is 4.71. The zero-order valence-corrected chi connectivity index (χ0v) is 15.3. The van der Waals surface area contributed by atoms with Gasteiger partial charge in [-0.1, -0.05) is 11.8 Å². The average molecular weight is 316 g/mol. The molecule has 0 aliphatic carbocycles. The molecule has 0 amide bonds. The zero-order valence-electron chi connectivity index (χ0n) is 15.3. The Morgan fingerprint density at radius 2 is 0.917 bits per heavy atom. The van der Waals surface area contributed by atoms with Crippen molar-refractivity contribution < 1.29 is 0 Å². The van der Waals surface area contributed by atoms with Crippen molar-refractivity contribution in [2.75, 3.05) is 11.5 Å². The summed E-state index contributed by atoms with van der Waals surface area (Å²) in [6.07, 6.45) is 0. The molecule has 122 valence electrons. The lowest BCUT2D eigenvalue weighted by molar-refractivity contribution is 1.28. The zero-order chi connectivity index (χ0) is 18.0. The van der Waals surface area contributed by atoms with Crippen LogP contribution >= 0.6 is 0 Å². The van der Waals surface area contributed by atoms with Crippen LogP contribution in [0.3, 0.4) is 0 Å². The van der Waals surface area contributed by atoms with Gasteiger partial charge in [0.2, 0.25) is 0 Å². The molecule has 0 aliphatic heterocycles. The second kappa shape index (κ2) is 6.73. The Labute approximate surface area is 145 Å². The molecule has 0 aromatic heterocycles. The van der Waals surface area contributed by atoms with E-state index in [1.165, 1.54) is 0 Å². The van der Waals surface area contributed by atoms with Crippen LogP contribution in [0.15, 0.2) is 12.1 Å². The summed E-state index contributed by atoms with van der Waals surface area (Å²) in [7, 11) is 0. The highest BCUT2D eigenvalue weighted by atomic mass is 14.6. The summed E-state index contributed by atoms with van der Waals surface area (Å²) in [4.78, 5) is 0. The molecular weight excluding hydrogens is 292 g/mol. The molecule has 0 heterocycles. The van der Waals surface area contributed by atoms with Crippen LogP contribution in [-0.4, -0.2) is 0 Å². The number of hydrogen-bond donors (Lipinski definition) is 2. The molecule has 0 unspecified atom stereocenters. The van der Waals surface area contributed by atoms with Crippen molar-refractivity contribution in [2.45, 2.75) is 41.5 Å². The number of aryl methyl sites for hydroxylation is 2. The van der Waals surface area contributed by atoms with Crippen molar-refractivity contribution in [1.82, 2.24) is 0 Å². The average Bonchev–Trinajstić information content (AvgIpc) is 2.52. The van der Waals surface area contributed by atoms with Gasteiger partial charge in [0.15, 0.2) is 0 Å². The van der Waals surface area contributed by atoms with Crippen molar-refractivity contribution in [1.29, 1.82) is 0 Å². The molecular formula is C22H24N2. The van der Waals surface area contributed by atoms with Gasteiger partial charge in [0.05, 0.1) is 0 Å². The largest absolute Gasteiger partial charge is 0.398 e. The smallest absolute Gasteiger partial charge is 0.0349 e. The molecule has 0 atom stereocenters. The van der Waals surface area contributed by atoms with Gasteiger partial charge in [-0.2, -0.15) is 0 Å². The summed E-state index contributed by atoms with van der Waals surface area (Å²) < 4.78 is 0. The lowest BCUT2D eigenvalue weighted by atomic mass is 9.96. The number of nitrogen functional groups attached to an aromatic ring is 2. The number of nitrogens with two attached hydrogens (primary N) is 2. The monoisotopic (exact) mass is 316 g/mol. The van der Waals surface area contributed by atoms with Crippen LogP contribution in [0, 0.1) is 65.2 Å². The molecule has 0 aliphatic rings. The lowest BCUT2D eigenvalue weighted by Gasteiger charge is -2.10. The van der Waals surface area contributed by atoms with Crippen molar-refractivity contribution in [3.63, 3.8) is 0 Å². The normalized spacial score (nSPS) is 9.75. The Morgan fingerprint density at radius 3 is 1.25 bits per heavy atom. The first-order valence-corrected chi connectivity index (χ1v) is 7.98. The van der Waals surface area contributed by atoms with Crippen LogP contribution in [0.4, 0.5) is 11.4 Å². The van der Waals surface area contributed by atoms with Crippen LogP contribution in [-0.2, 0) is 0 Å². The van der Waals surface area contributed by atoms with Gasteiger partial charge >= 0.3 is 0 Å². The van der Waals surface area contributed by atoms with Gasteiger partial charge in [0.25, 0.3) is 0 Å². The fourth-order valence-corrected chi connectivity index (χ4v) is 2.80. The molecule has 4 N–H and O–H groups in total. The Bertz CT molecular complexity index is 863. The standard InChI is InChI=1S/C22H24N2/c1-13-11-21(23)17(5)15(3)19(13)9-7-8-10-20-14(2)12-22(24)18(6)16(20)4/h11-12H,23-24H2,1-6H3. The summed E-state index contributed by atoms with van der Waals surface area (Å²) in [5.74, 6) is 12.3. The van der Waals surface area contributed by atoms with Gasteiger partial charge in [0, 0.05) is 22.5 Å². The van der Waals surface area contributed by atoms with Crippen LogP contribution < -0.4 is 11.5 Å². The Morgan fingerprint density at radius 1 is 0.583 bits per heavy atom. The molecule has 0 radical (unpaired) electrons. The van der Waals surface area contributed by atoms with Crippen molar-refractivity contribution in [3.8, 4) is 23.7 Å². The van der Waals surface area contributed by atoms with Crippen molar-refractivity contribution in [2.24, 2.45) is 0 Å². The quantitative estimate of drug-likeness (QED) is 0.568. The van der Waals surface area contributed by atoms with Crippen molar-refractivity contribution >= 4 is 11.4 Å². The van der Waals surface area contributed by atoms with Crippen LogP contribution in [0.5, 0.6) is 0 Å². The van der Waals surface area contributed by atoms with Crippen LogP contribution in [0.1, 0.15) is 44.5 Å². The van der Waals surface area contributed by atoms with E-state index in [0.717, 1.165) is 55.9 Å². The van der Waals surface area contributed by atoms with Gasteiger partial charge in [-0.25, -0.2) is 0 Å². The summed E-state index contributed by atoms with van der Waals surface area (Å²) in [6.45, 7) is 12.2. The van der Waals surface area contributed by atoms with E-state index in [9.17, 15) is 0 Å². The second-order valence-corrected chi connectivity index (χ2v) is 6.32. The molecule has 2 nitrogen and oxygen atoms in total. The van der Waals surface area contributed by atoms with Gasteiger partial charge in [-0.15, -0.1) is 0 Å². The highest BCUT2D eigenvalue weighted by Crippen LogP contribution is 2.23. The Balaban J connectivity index is 2.44. The highest BCUT2D eigenvalue weighted by molar-refractivity contribution is 5.63. The van der Waals surface area contributed by atoms with Gasteiger partial charge in [0.1, 0.15) is 0 Å². The van der Waals surface area contributed by atoms with E-state index in [-0.39, 0.29) is 0 Å². The predicted molar refractivity (Wildman–Crippen MR) is 104 cm³/mol. The summed E-state index contributed by atoms with van der Waals surface area (Å²) in [5.41, 5.74) is 22.2. The third-order valence-corrected chi connectivity index (χ3v) is 4.71. The Kier molecular flexibility index (Phi) is 4.91. The molecule has 2 aromatic carbocycles. The minimum atomic E-state index is 0.810. The third kappa shape index (κ3) is 3.24. The predicted octanol–water partition coefficient (Wildman–Crippen LogP) is 4.10. The van der Waals surface area contributed by atoms with E-state index in [2.05, 4.69) is 23.7 Å². The first-order valence-electron chi connectivity index (χ1n) is 7.98. The number of hydrogen-bond acceptors (Lipinski definition) is 2. The van der Waals surface area contributed by atoms with Crippen LogP contribution in [0.2, 0.25) is 0 Å². The summed E-state index contributed by atoms with van der Waals surface area (Å²) >= 11 is 0. The maximum atomic E-state index is 5.99. The molecule has 0 fully saturated rings. The van der Waals surface area contributed by atoms with Gasteiger partial charge in [-0.05, 0) is 98.9 Å². The summed E-state index contributed by atoms with van der Waals surface area (Å²) in [5, 5.41) is 0. The molecule has 0 saturated carbocycles. The van der Waals surface area contributed by atoms with Crippen molar-refractivity contribution in [3.05, 3.63) is 56.6 Å². The molecule has 2 rings (SSSR count). The van der Waals surface area contributed by atoms with Crippen LogP contribution in [0.25, 0.3) is 0 Å². The van der Waals surface area contributed by atoms with E-state index in [0.29, 0.717) is 0 Å². The first-order chi connectivity index (χ1) is 11.2. The lowest BCUT2D eigenvalue weighted by Crippen LogP contribution is -1.98. The van der Waals surface area contributed by atoms with E-state index in [4.69, 9.17) is 11.5 Å². The molecule has 0 spiro atoms. The molecule has 2 heteroatoms. The van der Waals surface area contributed by atoms with E-state index in [1.807, 2.05) is 53.7 Å². The maximum Gasteiger partial charge on any atom is 0.0349 e. The number of rotatable bonds is 0. The van der Waals surface area contributed by atoms with E-state index < -0.39 is 0 Å². The highest BCUT2D eigenvalue weighted by Gasteiger charge is 2.07. The SMILES string of the molecule is Cc1cc(N)c(C)c(C)c1C#CC#Cc1c(C)cc(N)c(C)c1C. The fourth-order valence-electron chi connectivity index (χ4n) is 2.80. The molecule has 24 heavy (non-hydrogen) atoms. The minimum absolute atomic E-state index is 0.810. The topological polar surface area (TPSA) is 52.0 Å². The maximum absolute atomic E-state index is 5.99. The van der Waals surface area contributed by atoms with E-state index in [1.54, 1.807) is 0 Å². The Hall–Kier alpha value is -2.84. The number of benzene rings is 2. The minimum Gasteiger partial charge on any atom is -0.398 e. The van der Waals surface area contributed by atoms with Gasteiger partial charge in [-0.3, -0.25) is 0 Å². The molecule has 0 saturated heterocycles. The van der Waals surface area contributed by atoms with Gasteiger partial charge < -0.3 is 11.5 Å².